The molecule has 6 aliphatic rings. The molecule has 1 saturated carbocycles. The maximum absolute atomic E-state index is 13.2. The quantitative estimate of drug-likeness (QED) is 0.276. The Bertz CT molecular complexity index is 1930. The third-order valence-electron chi connectivity index (χ3n) is 13.9. The highest BCUT2D eigenvalue weighted by molar-refractivity contribution is 6.05. The first kappa shape index (κ1) is 36.2. The van der Waals surface area contributed by atoms with Gasteiger partial charge in [0, 0.05) is 81.6 Å². The van der Waals surface area contributed by atoms with Gasteiger partial charge >= 0.3 is 0 Å². The van der Waals surface area contributed by atoms with E-state index in [0.29, 0.717) is 42.7 Å². The van der Waals surface area contributed by atoms with Crippen molar-refractivity contribution in [1.29, 1.82) is 0 Å². The topological polar surface area (TPSA) is 106 Å². The molecule has 2 N–H and O–H groups in total. The first-order valence-corrected chi connectivity index (χ1v) is 20.8. The number of phenolic OH excluding ortho intramolecular Hbond substituents is 1. The number of anilines is 2. The molecule has 3 saturated heterocycles. The highest BCUT2D eigenvalue weighted by Crippen LogP contribution is 2.51. The van der Waals surface area contributed by atoms with E-state index in [-0.39, 0.29) is 35.7 Å². The van der Waals surface area contributed by atoms with Crippen molar-refractivity contribution in [2.75, 3.05) is 55.6 Å². The number of benzene rings is 3. The predicted octanol–water partition coefficient (Wildman–Crippen LogP) is 6.19. The minimum Gasteiger partial charge on any atom is -0.508 e. The SMILES string of the molecule is C[C@@]1(C2CCCCC2)OCc2cc(O)ccc2[C@H]1c1ccc(N2CCC(CN3CCN(c4ccc5c(c4)CN([C@H]4CCC(=O)NC4=O)C5=O)CC3)CC2)cc1. The summed E-state index contributed by atoms with van der Waals surface area (Å²) in [6.07, 6.45) is 9.34. The molecule has 0 aromatic heterocycles. The van der Waals surface area contributed by atoms with Crippen LogP contribution in [0.25, 0.3) is 0 Å². The van der Waals surface area contributed by atoms with E-state index in [9.17, 15) is 19.5 Å². The summed E-state index contributed by atoms with van der Waals surface area (Å²) in [5.74, 6) is 0.909. The highest BCUT2D eigenvalue weighted by Gasteiger charge is 2.47. The number of aromatic hydroxyl groups is 1. The van der Waals surface area contributed by atoms with E-state index < -0.39 is 6.04 Å². The van der Waals surface area contributed by atoms with Gasteiger partial charge in [0.15, 0.2) is 0 Å². The molecule has 0 radical (unpaired) electrons. The minimum absolute atomic E-state index is 0.121. The molecule has 5 heterocycles. The Morgan fingerprint density at radius 2 is 1.51 bits per heavy atom. The van der Waals surface area contributed by atoms with Gasteiger partial charge in [-0.05, 0) is 116 Å². The van der Waals surface area contributed by atoms with Crippen LogP contribution in [0.4, 0.5) is 11.4 Å². The Balaban J connectivity index is 0.783. The third kappa shape index (κ3) is 7.01. The smallest absolute Gasteiger partial charge is 0.255 e. The zero-order valence-electron chi connectivity index (χ0n) is 32.2. The van der Waals surface area contributed by atoms with Crippen LogP contribution in [-0.4, -0.2) is 90.1 Å². The standard InChI is InChI=1S/C45H55N5O5/c1-45(34-5-3-2-4-6-34)42(38-14-12-37(51)26-33(38)29-55-45)31-7-9-35(10-8-31)48-19-17-30(18-20-48)27-47-21-23-49(24-22-47)36-11-13-39-32(25-36)28-50(44(39)54)40-15-16-41(52)46-43(40)53/h7-14,25-26,30,34,40,42,51H,2-6,15-24,27-29H2,1H3,(H,46,52,53)/t40-,42+,45-/m0/s1. The average molecular weight is 746 g/mol. The van der Waals surface area contributed by atoms with Gasteiger partial charge in [0.05, 0.1) is 12.2 Å². The number of fused-ring (bicyclic) bond motifs is 2. The Labute approximate surface area is 324 Å². The van der Waals surface area contributed by atoms with Gasteiger partial charge in [0.1, 0.15) is 11.8 Å². The van der Waals surface area contributed by atoms with E-state index in [1.165, 1.54) is 61.8 Å². The number of rotatable bonds is 7. The minimum atomic E-state index is -0.586. The lowest BCUT2D eigenvalue weighted by atomic mass is 9.65. The highest BCUT2D eigenvalue weighted by atomic mass is 16.5. The first-order chi connectivity index (χ1) is 26.7. The van der Waals surface area contributed by atoms with Gasteiger partial charge in [-0.1, -0.05) is 37.5 Å². The zero-order valence-corrected chi connectivity index (χ0v) is 32.2. The fraction of sp³-hybridized carbons (Fsp3) is 0.533. The lowest BCUT2D eigenvalue weighted by Crippen LogP contribution is -2.52. The summed E-state index contributed by atoms with van der Waals surface area (Å²) in [5, 5.41) is 12.7. The molecular formula is C45H55N5O5. The summed E-state index contributed by atoms with van der Waals surface area (Å²) in [6, 6.07) is 20.7. The van der Waals surface area contributed by atoms with Gasteiger partial charge in [0.2, 0.25) is 11.8 Å². The summed E-state index contributed by atoms with van der Waals surface area (Å²) in [7, 11) is 0. The number of ether oxygens (including phenoxy) is 1. The van der Waals surface area contributed by atoms with E-state index in [0.717, 1.165) is 62.6 Å². The summed E-state index contributed by atoms with van der Waals surface area (Å²) in [4.78, 5) is 46.5. The van der Waals surface area contributed by atoms with Gasteiger partial charge in [-0.25, -0.2) is 0 Å². The fourth-order valence-electron chi connectivity index (χ4n) is 10.7. The summed E-state index contributed by atoms with van der Waals surface area (Å²) >= 11 is 0. The van der Waals surface area contributed by atoms with Crippen molar-refractivity contribution >= 4 is 29.1 Å². The second-order valence-electron chi connectivity index (χ2n) is 17.2. The van der Waals surface area contributed by atoms with Crippen LogP contribution in [-0.2, 0) is 27.5 Å². The van der Waals surface area contributed by atoms with Crippen molar-refractivity contribution in [2.45, 2.75) is 95.4 Å². The number of piperazine rings is 1. The molecule has 9 rings (SSSR count). The number of nitrogens with one attached hydrogen (secondary N) is 1. The van der Waals surface area contributed by atoms with Crippen LogP contribution in [0, 0.1) is 11.8 Å². The molecule has 55 heavy (non-hydrogen) atoms. The van der Waals surface area contributed by atoms with E-state index >= 15 is 0 Å². The first-order valence-electron chi connectivity index (χ1n) is 20.8. The molecule has 5 aliphatic heterocycles. The number of carbonyl (C=O) groups excluding carboxylic acids is 3. The Kier molecular flexibility index (Phi) is 9.83. The Morgan fingerprint density at radius 1 is 0.782 bits per heavy atom. The summed E-state index contributed by atoms with van der Waals surface area (Å²) in [6.45, 7) is 10.5. The van der Waals surface area contributed by atoms with E-state index in [2.05, 4.69) is 63.3 Å². The van der Waals surface area contributed by atoms with Crippen LogP contribution in [0.5, 0.6) is 5.75 Å². The maximum Gasteiger partial charge on any atom is 0.255 e. The van der Waals surface area contributed by atoms with Crippen LogP contribution < -0.4 is 15.1 Å². The molecule has 0 bridgehead atoms. The van der Waals surface area contributed by atoms with Crippen LogP contribution >= 0.6 is 0 Å². The number of imide groups is 1. The molecule has 290 valence electrons. The number of phenols is 1. The number of hydrogen-bond acceptors (Lipinski definition) is 8. The molecule has 3 amide bonds. The number of hydrogen-bond donors (Lipinski definition) is 2. The molecule has 0 unspecified atom stereocenters. The lowest BCUT2D eigenvalue weighted by molar-refractivity contribution is -0.136. The molecule has 3 aromatic carbocycles. The van der Waals surface area contributed by atoms with Crippen LogP contribution in [0.1, 0.15) is 103 Å². The largest absolute Gasteiger partial charge is 0.508 e. The monoisotopic (exact) mass is 745 g/mol. The number of nitrogens with zero attached hydrogens (tertiary/aromatic N) is 4. The molecule has 10 heteroatoms. The van der Waals surface area contributed by atoms with Crippen molar-refractivity contribution in [1.82, 2.24) is 15.1 Å². The zero-order chi connectivity index (χ0) is 37.7. The van der Waals surface area contributed by atoms with Crippen molar-refractivity contribution in [3.05, 3.63) is 88.5 Å². The van der Waals surface area contributed by atoms with E-state index in [1.54, 1.807) is 4.90 Å². The Hall–Kier alpha value is -4.41. The Morgan fingerprint density at radius 3 is 2.25 bits per heavy atom. The normalized spacial score (nSPS) is 26.9. The van der Waals surface area contributed by atoms with E-state index in [1.807, 2.05) is 24.3 Å². The van der Waals surface area contributed by atoms with Gasteiger partial charge in [-0.3, -0.25) is 24.6 Å². The molecule has 10 nitrogen and oxygen atoms in total. The maximum atomic E-state index is 13.2. The van der Waals surface area contributed by atoms with Crippen molar-refractivity contribution in [3.63, 3.8) is 0 Å². The van der Waals surface area contributed by atoms with Gasteiger partial charge in [0.25, 0.3) is 5.91 Å². The summed E-state index contributed by atoms with van der Waals surface area (Å²) < 4.78 is 6.79. The third-order valence-corrected chi connectivity index (χ3v) is 13.9. The predicted molar refractivity (Wildman–Crippen MR) is 212 cm³/mol. The van der Waals surface area contributed by atoms with E-state index in [4.69, 9.17) is 4.74 Å². The fourth-order valence-corrected chi connectivity index (χ4v) is 10.7. The summed E-state index contributed by atoms with van der Waals surface area (Å²) in [5.41, 5.74) is 7.50. The van der Waals surface area contributed by atoms with Gasteiger partial charge in [-0.15, -0.1) is 0 Å². The van der Waals surface area contributed by atoms with Crippen molar-refractivity contribution < 1.29 is 24.2 Å². The lowest BCUT2D eigenvalue weighted by Gasteiger charge is -2.49. The molecule has 0 spiro atoms. The van der Waals surface area contributed by atoms with Crippen LogP contribution in [0.15, 0.2) is 60.7 Å². The molecular weight excluding hydrogens is 691 g/mol. The van der Waals surface area contributed by atoms with Crippen molar-refractivity contribution in [3.8, 4) is 5.75 Å². The average Bonchev–Trinajstić information content (AvgIpc) is 3.53. The number of carbonyl (C=O) groups is 3. The molecule has 4 fully saturated rings. The molecule has 3 aromatic rings. The van der Waals surface area contributed by atoms with Crippen LogP contribution in [0.3, 0.4) is 0 Å². The van der Waals surface area contributed by atoms with Crippen LogP contribution in [0.2, 0.25) is 0 Å². The van der Waals surface area contributed by atoms with Gasteiger partial charge in [-0.2, -0.15) is 0 Å². The molecule has 3 atom stereocenters. The second-order valence-corrected chi connectivity index (χ2v) is 17.2. The number of amides is 3. The number of piperidine rings is 2. The second kappa shape index (κ2) is 14.9. The molecule has 1 aliphatic carbocycles. The van der Waals surface area contributed by atoms with Gasteiger partial charge < -0.3 is 24.5 Å². The van der Waals surface area contributed by atoms with Crippen molar-refractivity contribution in [2.24, 2.45) is 11.8 Å².